The molecule has 0 radical (unpaired) electrons. The summed E-state index contributed by atoms with van der Waals surface area (Å²) in [5, 5.41) is 0. The molecule has 2 aliphatic rings. The summed E-state index contributed by atoms with van der Waals surface area (Å²) in [6.07, 6.45) is 2.16. The first-order chi connectivity index (χ1) is 7.78. The standard InChI is InChI=1S/C13H14N2O/c1-10-15-13(7-8-13)12(16-10)14-9-11-5-3-2-4-6-11/h2-6H,7-9H2,1H3. The summed E-state index contributed by atoms with van der Waals surface area (Å²) in [4.78, 5) is 9.03. The molecule has 16 heavy (non-hydrogen) atoms. The van der Waals surface area contributed by atoms with E-state index in [0.717, 1.165) is 24.6 Å². The Bertz CT molecular complexity index is 458. The third-order valence-electron chi connectivity index (χ3n) is 2.99. The topological polar surface area (TPSA) is 34.0 Å². The van der Waals surface area contributed by atoms with Gasteiger partial charge >= 0.3 is 0 Å². The number of aliphatic imine (C=N–C) groups is 2. The SMILES string of the molecule is CC1=NC2(CC2)C(=NCc2ccccc2)O1. The van der Waals surface area contributed by atoms with Crippen LogP contribution in [0.3, 0.4) is 0 Å². The van der Waals surface area contributed by atoms with Gasteiger partial charge in [0.2, 0.25) is 5.90 Å². The third-order valence-corrected chi connectivity index (χ3v) is 2.99. The van der Waals surface area contributed by atoms with Gasteiger partial charge in [0.05, 0.1) is 6.54 Å². The van der Waals surface area contributed by atoms with Crippen LogP contribution < -0.4 is 0 Å². The van der Waals surface area contributed by atoms with E-state index in [0.29, 0.717) is 6.54 Å². The highest BCUT2D eigenvalue weighted by Gasteiger charge is 2.53. The van der Waals surface area contributed by atoms with Crippen LogP contribution in [0.5, 0.6) is 0 Å². The lowest BCUT2D eigenvalue weighted by Gasteiger charge is -2.04. The van der Waals surface area contributed by atoms with Gasteiger partial charge in [-0.2, -0.15) is 0 Å². The zero-order valence-electron chi connectivity index (χ0n) is 9.31. The van der Waals surface area contributed by atoms with Gasteiger partial charge in [0.1, 0.15) is 5.54 Å². The monoisotopic (exact) mass is 214 g/mol. The fourth-order valence-electron chi connectivity index (χ4n) is 1.98. The highest BCUT2D eigenvalue weighted by atomic mass is 16.5. The van der Waals surface area contributed by atoms with Crippen LogP contribution in [0.4, 0.5) is 0 Å². The van der Waals surface area contributed by atoms with Gasteiger partial charge in [-0.1, -0.05) is 30.3 Å². The first-order valence-electron chi connectivity index (χ1n) is 5.62. The molecule has 1 aromatic carbocycles. The second-order valence-electron chi connectivity index (χ2n) is 4.37. The molecule has 1 saturated carbocycles. The summed E-state index contributed by atoms with van der Waals surface area (Å²) in [6, 6.07) is 10.2. The Hall–Kier alpha value is -1.64. The van der Waals surface area contributed by atoms with E-state index in [9.17, 15) is 0 Å². The van der Waals surface area contributed by atoms with Crippen molar-refractivity contribution in [3.8, 4) is 0 Å². The van der Waals surface area contributed by atoms with Crippen LogP contribution in [0.25, 0.3) is 0 Å². The lowest BCUT2D eigenvalue weighted by Crippen LogP contribution is -2.16. The zero-order valence-corrected chi connectivity index (χ0v) is 9.31. The maximum Gasteiger partial charge on any atom is 0.220 e. The normalized spacial score (nSPS) is 23.3. The molecular formula is C13H14N2O. The van der Waals surface area contributed by atoms with Crippen molar-refractivity contribution in [3.63, 3.8) is 0 Å². The Labute approximate surface area is 94.9 Å². The van der Waals surface area contributed by atoms with Gasteiger partial charge in [0.15, 0.2) is 5.90 Å². The van der Waals surface area contributed by atoms with Crippen molar-refractivity contribution in [1.29, 1.82) is 0 Å². The van der Waals surface area contributed by atoms with Crippen molar-refractivity contribution in [2.45, 2.75) is 31.8 Å². The molecule has 3 nitrogen and oxygen atoms in total. The van der Waals surface area contributed by atoms with Gasteiger partial charge in [0.25, 0.3) is 0 Å². The van der Waals surface area contributed by atoms with E-state index in [2.05, 4.69) is 22.1 Å². The lowest BCUT2D eigenvalue weighted by molar-refractivity contribution is 0.539. The van der Waals surface area contributed by atoms with E-state index in [1.54, 1.807) is 0 Å². The first kappa shape index (κ1) is 9.58. The van der Waals surface area contributed by atoms with Crippen LogP contribution in [0.2, 0.25) is 0 Å². The summed E-state index contributed by atoms with van der Waals surface area (Å²) in [7, 11) is 0. The number of benzene rings is 1. The number of hydrogen-bond donors (Lipinski definition) is 0. The maximum atomic E-state index is 5.56. The second-order valence-corrected chi connectivity index (χ2v) is 4.37. The minimum absolute atomic E-state index is 0.0706. The molecule has 0 amide bonds. The summed E-state index contributed by atoms with van der Waals surface area (Å²) in [5.74, 6) is 1.57. The van der Waals surface area contributed by atoms with E-state index < -0.39 is 0 Å². The lowest BCUT2D eigenvalue weighted by atomic mass is 10.2. The van der Waals surface area contributed by atoms with Crippen molar-refractivity contribution >= 4 is 11.8 Å². The van der Waals surface area contributed by atoms with E-state index in [-0.39, 0.29) is 5.54 Å². The van der Waals surface area contributed by atoms with Crippen molar-refractivity contribution in [3.05, 3.63) is 35.9 Å². The number of nitrogens with zero attached hydrogens (tertiary/aromatic N) is 2. The molecule has 1 aliphatic carbocycles. The molecular weight excluding hydrogens is 200 g/mol. The highest BCUT2D eigenvalue weighted by molar-refractivity contribution is 6.03. The molecule has 1 aliphatic heterocycles. The predicted molar refractivity (Wildman–Crippen MR) is 63.7 cm³/mol. The van der Waals surface area contributed by atoms with Gasteiger partial charge in [-0.3, -0.25) is 0 Å². The Morgan fingerprint density at radius 3 is 2.75 bits per heavy atom. The summed E-state index contributed by atoms with van der Waals surface area (Å²) >= 11 is 0. The average Bonchev–Trinajstić information content (AvgIpc) is 2.98. The van der Waals surface area contributed by atoms with Crippen molar-refractivity contribution in [1.82, 2.24) is 0 Å². The number of hydrogen-bond acceptors (Lipinski definition) is 3. The molecule has 1 aromatic rings. The minimum Gasteiger partial charge on any atom is -0.427 e. The summed E-state index contributed by atoms with van der Waals surface area (Å²) < 4.78 is 5.56. The molecule has 0 atom stereocenters. The van der Waals surface area contributed by atoms with Gasteiger partial charge in [0, 0.05) is 6.92 Å². The summed E-state index contributed by atoms with van der Waals surface area (Å²) in [6.45, 7) is 2.58. The average molecular weight is 214 g/mol. The number of ether oxygens (including phenoxy) is 1. The smallest absolute Gasteiger partial charge is 0.220 e. The molecule has 3 heteroatoms. The molecule has 82 valence electrons. The molecule has 0 unspecified atom stereocenters. The van der Waals surface area contributed by atoms with Crippen LogP contribution in [0.1, 0.15) is 25.3 Å². The van der Waals surface area contributed by atoms with Gasteiger partial charge < -0.3 is 4.74 Å². The van der Waals surface area contributed by atoms with Crippen molar-refractivity contribution in [2.75, 3.05) is 0 Å². The van der Waals surface area contributed by atoms with Crippen molar-refractivity contribution in [2.24, 2.45) is 9.98 Å². The third kappa shape index (κ3) is 1.62. The largest absolute Gasteiger partial charge is 0.427 e. The molecule has 0 bridgehead atoms. The first-order valence-corrected chi connectivity index (χ1v) is 5.62. The minimum atomic E-state index is -0.0706. The summed E-state index contributed by atoms with van der Waals surface area (Å²) in [5.41, 5.74) is 1.14. The van der Waals surface area contributed by atoms with Crippen LogP contribution in [-0.4, -0.2) is 17.3 Å². The quantitative estimate of drug-likeness (QED) is 0.745. The molecule has 1 spiro atoms. The van der Waals surface area contributed by atoms with Crippen LogP contribution in [0, 0.1) is 0 Å². The van der Waals surface area contributed by atoms with E-state index in [4.69, 9.17) is 4.74 Å². The molecule has 0 N–H and O–H groups in total. The van der Waals surface area contributed by atoms with Crippen LogP contribution in [-0.2, 0) is 11.3 Å². The highest BCUT2D eigenvalue weighted by Crippen LogP contribution is 2.44. The molecule has 1 heterocycles. The second kappa shape index (κ2) is 3.44. The van der Waals surface area contributed by atoms with E-state index in [1.807, 2.05) is 25.1 Å². The van der Waals surface area contributed by atoms with Crippen molar-refractivity contribution < 1.29 is 4.74 Å². The molecule has 0 saturated heterocycles. The van der Waals surface area contributed by atoms with E-state index >= 15 is 0 Å². The Morgan fingerprint density at radius 1 is 1.31 bits per heavy atom. The Balaban J connectivity index is 1.75. The maximum absolute atomic E-state index is 5.56. The van der Waals surface area contributed by atoms with Crippen LogP contribution in [0.15, 0.2) is 40.3 Å². The van der Waals surface area contributed by atoms with Gasteiger partial charge in [-0.15, -0.1) is 0 Å². The molecule has 3 rings (SSSR count). The zero-order chi connectivity index (χ0) is 11.0. The molecule has 0 aromatic heterocycles. The Morgan fingerprint density at radius 2 is 2.06 bits per heavy atom. The molecule has 1 fully saturated rings. The number of rotatable bonds is 2. The van der Waals surface area contributed by atoms with Gasteiger partial charge in [-0.25, -0.2) is 9.98 Å². The van der Waals surface area contributed by atoms with Gasteiger partial charge in [-0.05, 0) is 18.4 Å². The Kier molecular flexibility index (Phi) is 2.06. The fourth-order valence-corrected chi connectivity index (χ4v) is 1.98. The van der Waals surface area contributed by atoms with E-state index in [1.165, 1.54) is 5.56 Å². The fraction of sp³-hybridized carbons (Fsp3) is 0.385. The predicted octanol–water partition coefficient (Wildman–Crippen LogP) is 2.57. The van der Waals surface area contributed by atoms with Crippen LogP contribution >= 0.6 is 0 Å².